The van der Waals surface area contributed by atoms with Gasteiger partial charge in [0.2, 0.25) is 0 Å². The van der Waals surface area contributed by atoms with Crippen molar-refractivity contribution in [1.29, 1.82) is 0 Å². The Kier molecular flexibility index (Phi) is 150. The molecule has 0 rings (SSSR count). The van der Waals surface area contributed by atoms with Gasteiger partial charge in [-0.3, -0.25) is 0 Å². The van der Waals surface area contributed by atoms with Crippen LogP contribution in [0.15, 0.2) is 0 Å². The van der Waals surface area contributed by atoms with Crippen LogP contribution in [0.5, 0.6) is 0 Å². The Morgan fingerprint density at radius 3 is 0.200 bits per heavy atom. The summed E-state index contributed by atoms with van der Waals surface area (Å²) in [6.45, 7) is 22.8. The predicted octanol–water partition coefficient (Wildman–Crippen LogP) is 10.2. The van der Waals surface area contributed by atoms with E-state index in [2.05, 4.69) is 69.2 Å². The van der Waals surface area contributed by atoms with E-state index in [1.807, 2.05) is 0 Å². The molecule has 0 saturated heterocycles. The van der Waals surface area contributed by atoms with Gasteiger partial charge in [0.25, 0.3) is 0 Å². The minimum Gasteiger partial charge on any atom is -1.00 e. The van der Waals surface area contributed by atoms with E-state index >= 15 is 0 Å². The van der Waals surface area contributed by atoms with Gasteiger partial charge in [-0.15, -0.1) is 0 Å². The maximum Gasteiger partial charge on any atom is 1.00 e. The molecule has 0 aliphatic rings. The smallest absolute Gasteiger partial charge is 1.00 e. The molecule has 0 aliphatic heterocycles. The van der Waals surface area contributed by atoms with E-state index in [0.717, 1.165) is 0 Å². The van der Waals surface area contributed by atoms with Crippen LogP contribution in [0.25, 0.3) is 0 Å². The van der Waals surface area contributed by atoms with Crippen molar-refractivity contribution in [2.45, 2.75) is 390 Å². The van der Waals surface area contributed by atoms with E-state index in [1.165, 1.54) is 321 Å². The van der Waals surface area contributed by atoms with Gasteiger partial charge in [0.15, 0.2) is 0 Å². The summed E-state index contributed by atoms with van der Waals surface area (Å²) in [4.78, 5) is 0. The molecular weight excluding hydrogens is 836 g/mol. The quantitative estimate of drug-likeness (QED) is 0.0422. The van der Waals surface area contributed by atoms with Crippen molar-refractivity contribution in [2.75, 3.05) is 0 Å². The molecule has 0 aromatic heterocycles. The molecule has 0 aromatic carbocycles. The van der Waals surface area contributed by atoms with E-state index in [1.54, 1.807) is 0 Å². The second-order valence-electron chi connectivity index (χ2n) is 19.1. The van der Waals surface area contributed by atoms with Crippen molar-refractivity contribution in [3.05, 3.63) is 0 Å². The molecule has 0 radical (unpaired) electrons. The van der Waals surface area contributed by atoms with E-state index in [-0.39, 0.29) is 155 Å². The van der Waals surface area contributed by atoms with Crippen LogP contribution >= 0.6 is 0 Å². The van der Waals surface area contributed by atoms with Crippen molar-refractivity contribution >= 4 is 0 Å². The Balaban J connectivity index is -0.0000000401. The van der Waals surface area contributed by atoms with E-state index < -0.39 is 0 Å². The van der Waals surface area contributed by atoms with Gasteiger partial charge in [-0.2, -0.15) is 0 Å². The van der Waals surface area contributed by atoms with E-state index in [9.17, 15) is 0 Å². The van der Waals surface area contributed by atoms with Gasteiger partial charge < -0.3 is 7.13 Å². The summed E-state index contributed by atoms with van der Waals surface area (Å²) in [6, 6.07) is 0. The van der Waals surface area contributed by atoms with Gasteiger partial charge in [-0.05, 0) is 0 Å². The average Bonchev–Trinajstić information content (AvgIpc) is 3.26. The number of hydrogen-bond donors (Lipinski definition) is 0. The molecule has 0 heterocycles. The molecule has 0 N–H and O–H groups in total. The standard InChI is InChI=1S/5C12H26.5Na.5H/c5*1-3-5-7-9-11-12-10-8-6-4-2;;;;;;;;;;/h5*3-12H2,1-2H3;;;;;;;;;;/q;;;;;5*+1;5*-1. The van der Waals surface area contributed by atoms with Crippen molar-refractivity contribution in [1.82, 2.24) is 0 Å². The van der Waals surface area contributed by atoms with E-state index in [4.69, 9.17) is 0 Å². The first-order chi connectivity index (χ1) is 29.6. The SMILES string of the molecule is CCCCCCCCCCCC.CCCCCCCCCCCC.CCCCCCCCCCCC.CCCCCCCCCCCC.CCCCCCCCCCCC.[H-].[H-].[H-].[H-].[H-].[Na+].[Na+].[Na+].[Na+].[Na+]. The monoisotopic (exact) mass is 971 g/mol. The minimum absolute atomic E-state index is 0. The Labute approximate surface area is 538 Å². The van der Waals surface area contributed by atoms with Crippen LogP contribution in [0.1, 0.15) is 397 Å². The molecule has 0 unspecified atom stereocenters. The number of unbranched alkanes of at least 4 members (excludes halogenated alkanes) is 45. The maximum atomic E-state index is 2.28. The van der Waals surface area contributed by atoms with Crippen LogP contribution in [0, 0.1) is 0 Å². The maximum absolute atomic E-state index is 2.28. The molecule has 380 valence electrons. The summed E-state index contributed by atoms with van der Waals surface area (Å²) >= 11 is 0. The molecule has 0 atom stereocenters. The Bertz CT molecular complexity index is 450. The normalized spacial score (nSPS) is 9.69. The molecule has 0 aromatic rings. The van der Waals surface area contributed by atoms with Crippen LogP contribution in [0.3, 0.4) is 0 Å². The topological polar surface area (TPSA) is 0 Å². The summed E-state index contributed by atoms with van der Waals surface area (Å²) < 4.78 is 0. The van der Waals surface area contributed by atoms with Gasteiger partial charge in [0.1, 0.15) is 0 Å². The molecule has 5 heteroatoms. The first-order valence-corrected chi connectivity index (χ1v) is 29.6. The third-order valence-electron chi connectivity index (χ3n) is 12.3. The Morgan fingerprint density at radius 1 is 0.108 bits per heavy atom. The minimum atomic E-state index is 0. The first-order valence-electron chi connectivity index (χ1n) is 29.6. The fourth-order valence-electron chi connectivity index (χ4n) is 7.80. The van der Waals surface area contributed by atoms with Gasteiger partial charge in [0, 0.05) is 0 Å². The van der Waals surface area contributed by atoms with Crippen LogP contribution < -0.4 is 148 Å². The summed E-state index contributed by atoms with van der Waals surface area (Å²) in [5.74, 6) is 0. The molecule has 0 fully saturated rings. The third kappa shape index (κ3) is 124. The summed E-state index contributed by atoms with van der Waals surface area (Å²) in [5.41, 5.74) is 0. The van der Waals surface area contributed by atoms with Crippen LogP contribution in [0.4, 0.5) is 0 Å². The first kappa shape index (κ1) is 92.6. The largest absolute Gasteiger partial charge is 1.00 e. The van der Waals surface area contributed by atoms with Crippen molar-refractivity contribution in [3.8, 4) is 0 Å². The molecule has 0 aliphatic carbocycles. The number of rotatable bonds is 45. The Hall–Kier alpha value is 5.00. The second kappa shape index (κ2) is 105. The molecular formula is C60H135Na5. The average molecular weight is 972 g/mol. The van der Waals surface area contributed by atoms with Crippen LogP contribution in [0.2, 0.25) is 0 Å². The molecule has 65 heavy (non-hydrogen) atoms. The molecule has 0 bridgehead atoms. The molecule has 0 spiro atoms. The van der Waals surface area contributed by atoms with Gasteiger partial charge in [-0.1, -0.05) is 390 Å². The molecule has 0 nitrogen and oxygen atoms in total. The molecule has 0 amide bonds. The van der Waals surface area contributed by atoms with Crippen molar-refractivity contribution in [3.63, 3.8) is 0 Å². The summed E-state index contributed by atoms with van der Waals surface area (Å²) in [5, 5.41) is 0. The van der Waals surface area contributed by atoms with Crippen LogP contribution in [-0.2, 0) is 0 Å². The van der Waals surface area contributed by atoms with Gasteiger partial charge in [0.05, 0.1) is 0 Å². The second-order valence-corrected chi connectivity index (χ2v) is 19.1. The fourth-order valence-corrected chi connectivity index (χ4v) is 7.80. The van der Waals surface area contributed by atoms with E-state index in [0.29, 0.717) is 0 Å². The third-order valence-corrected chi connectivity index (χ3v) is 12.3. The van der Waals surface area contributed by atoms with Crippen molar-refractivity contribution < 1.29 is 155 Å². The Morgan fingerprint density at radius 2 is 0.154 bits per heavy atom. The molecule has 0 saturated carbocycles. The predicted molar refractivity (Wildman–Crippen MR) is 293 cm³/mol. The zero-order chi connectivity index (χ0) is 45.4. The summed E-state index contributed by atoms with van der Waals surface area (Å²) in [6.07, 6.45) is 72.2. The van der Waals surface area contributed by atoms with Gasteiger partial charge in [-0.25, -0.2) is 0 Å². The fraction of sp³-hybridized carbons (Fsp3) is 1.00. The summed E-state index contributed by atoms with van der Waals surface area (Å²) in [7, 11) is 0. The zero-order valence-corrected chi connectivity index (χ0v) is 60.4. The van der Waals surface area contributed by atoms with Crippen LogP contribution in [-0.4, -0.2) is 0 Å². The van der Waals surface area contributed by atoms with Crippen molar-refractivity contribution in [2.24, 2.45) is 0 Å². The number of hydrogen-bond acceptors (Lipinski definition) is 0. The zero-order valence-electron chi connectivity index (χ0n) is 55.4. The van der Waals surface area contributed by atoms with Gasteiger partial charge >= 0.3 is 148 Å².